The van der Waals surface area contributed by atoms with Crippen molar-refractivity contribution in [3.8, 4) is 11.5 Å². The summed E-state index contributed by atoms with van der Waals surface area (Å²) in [6.45, 7) is 7.91. The van der Waals surface area contributed by atoms with Crippen molar-refractivity contribution in [2.75, 3.05) is 20.3 Å². The van der Waals surface area contributed by atoms with E-state index in [-0.39, 0.29) is 12.2 Å². The Bertz CT molecular complexity index is 1330. The first-order chi connectivity index (χ1) is 17.4. The van der Waals surface area contributed by atoms with Gasteiger partial charge < -0.3 is 14.2 Å². The van der Waals surface area contributed by atoms with Crippen molar-refractivity contribution < 1.29 is 19.0 Å². The van der Waals surface area contributed by atoms with Crippen LogP contribution in [0.1, 0.15) is 43.6 Å². The highest BCUT2D eigenvalue weighted by molar-refractivity contribution is 9.10. The predicted molar refractivity (Wildman–Crippen MR) is 144 cm³/mol. The lowest BCUT2D eigenvalue weighted by molar-refractivity contribution is -0.142. The normalized spacial score (nSPS) is 11.1. The summed E-state index contributed by atoms with van der Waals surface area (Å²) in [5.74, 6) is 1.00. The van der Waals surface area contributed by atoms with Crippen LogP contribution in [0.2, 0.25) is 0 Å². The molecule has 0 amide bonds. The number of nitrogens with zero attached hydrogens (tertiary/aromatic N) is 3. The van der Waals surface area contributed by atoms with Gasteiger partial charge in [-0.3, -0.25) is 4.79 Å². The minimum atomic E-state index is -0.498. The van der Waals surface area contributed by atoms with Crippen LogP contribution in [0.25, 0.3) is 10.9 Å². The highest BCUT2D eigenvalue weighted by Crippen LogP contribution is 2.33. The van der Waals surface area contributed by atoms with Gasteiger partial charge in [0.1, 0.15) is 5.82 Å². The molecule has 0 atom stereocenters. The summed E-state index contributed by atoms with van der Waals surface area (Å²) in [6, 6.07) is 9.07. The lowest BCUT2D eigenvalue weighted by Gasteiger charge is -2.16. The fraction of sp³-hybridized carbons (Fsp3) is 0.333. The molecule has 3 rings (SSSR count). The lowest BCUT2D eigenvalue weighted by Crippen LogP contribution is -2.22. The van der Waals surface area contributed by atoms with Crippen molar-refractivity contribution in [1.29, 1.82) is 0 Å². The number of unbranched alkanes of at least 4 members (excludes halogenated alkanes) is 1. The molecule has 3 aromatic rings. The van der Waals surface area contributed by atoms with E-state index in [0.717, 1.165) is 22.9 Å². The zero-order chi connectivity index (χ0) is 26.1. The van der Waals surface area contributed by atoms with Gasteiger partial charge in [-0.2, -0.15) is 9.78 Å². The second kappa shape index (κ2) is 13.0. The van der Waals surface area contributed by atoms with E-state index in [1.807, 2.05) is 25.1 Å². The molecule has 2 aromatic carbocycles. The number of halogens is 1. The molecule has 0 radical (unpaired) electrons. The second-order valence-corrected chi connectivity index (χ2v) is 8.87. The summed E-state index contributed by atoms with van der Waals surface area (Å²) in [6.07, 6.45) is 6.28. The maximum Gasteiger partial charge on any atom is 0.343 e. The van der Waals surface area contributed by atoms with Crippen LogP contribution in [0.5, 0.6) is 11.5 Å². The van der Waals surface area contributed by atoms with Crippen LogP contribution in [-0.4, -0.2) is 42.2 Å². The monoisotopic (exact) mass is 555 g/mol. The Balaban J connectivity index is 2.09. The van der Waals surface area contributed by atoms with E-state index < -0.39 is 5.97 Å². The molecule has 0 saturated carbocycles. The molecule has 0 bridgehead atoms. The number of allylic oxidation sites excluding steroid dienone is 1. The zero-order valence-electron chi connectivity index (χ0n) is 20.8. The average Bonchev–Trinajstić information content (AvgIpc) is 2.87. The number of benzene rings is 2. The summed E-state index contributed by atoms with van der Waals surface area (Å²) in [5.41, 5.74) is 1.86. The van der Waals surface area contributed by atoms with Crippen molar-refractivity contribution >= 4 is 39.0 Å². The van der Waals surface area contributed by atoms with Gasteiger partial charge in [-0.1, -0.05) is 35.4 Å². The highest BCUT2D eigenvalue weighted by Gasteiger charge is 2.16. The van der Waals surface area contributed by atoms with Gasteiger partial charge in [-0.05, 0) is 55.7 Å². The van der Waals surface area contributed by atoms with E-state index in [0.29, 0.717) is 53.2 Å². The number of rotatable bonds is 12. The van der Waals surface area contributed by atoms with Gasteiger partial charge in [0.2, 0.25) is 0 Å². The van der Waals surface area contributed by atoms with Gasteiger partial charge >= 0.3 is 5.97 Å². The number of aryl methyl sites for hydroxylation is 1. The Morgan fingerprint density at radius 2 is 2.03 bits per heavy atom. The van der Waals surface area contributed by atoms with Gasteiger partial charge in [0.15, 0.2) is 18.1 Å². The van der Waals surface area contributed by atoms with Gasteiger partial charge in [-0.25, -0.2) is 9.78 Å². The molecule has 0 spiro atoms. The minimum Gasteiger partial charge on any atom is -0.490 e. The standard InChI is InChI=1S/C27H30BrN3O5/c1-5-8-10-24-30-22-12-11-20(28)15-21(22)27(33)31(24)29-16-18-13-19(9-6-2)26(23(14-18)35-7-3)36-17-25(32)34-4/h6,11-16H,2,5,7-10,17H2,1,3-4H3. The average molecular weight is 556 g/mol. The van der Waals surface area contributed by atoms with Crippen LogP contribution < -0.4 is 15.0 Å². The number of esters is 1. The topological polar surface area (TPSA) is 92.0 Å². The molecule has 1 aromatic heterocycles. The molecular formula is C27H30BrN3O5. The maximum absolute atomic E-state index is 13.3. The first kappa shape index (κ1) is 27.1. The van der Waals surface area contributed by atoms with Gasteiger partial charge in [0.05, 0.1) is 30.8 Å². The summed E-state index contributed by atoms with van der Waals surface area (Å²) >= 11 is 3.43. The first-order valence-corrected chi connectivity index (χ1v) is 12.6. The maximum atomic E-state index is 13.3. The van der Waals surface area contributed by atoms with Crippen LogP contribution in [0.4, 0.5) is 0 Å². The molecule has 0 aliphatic heterocycles. The van der Waals surface area contributed by atoms with E-state index in [2.05, 4.69) is 39.3 Å². The van der Waals surface area contributed by atoms with Crippen LogP contribution in [-0.2, 0) is 22.4 Å². The number of hydrogen-bond acceptors (Lipinski definition) is 7. The number of hydrogen-bond donors (Lipinski definition) is 0. The molecule has 9 heteroatoms. The van der Waals surface area contributed by atoms with E-state index in [1.165, 1.54) is 11.8 Å². The van der Waals surface area contributed by atoms with Crippen LogP contribution in [0.3, 0.4) is 0 Å². The molecule has 190 valence electrons. The SMILES string of the molecule is C=CCc1cc(C=Nn2c(CCCC)nc3ccc(Br)cc3c2=O)cc(OCC)c1OCC(=O)OC. The Labute approximate surface area is 218 Å². The van der Waals surface area contributed by atoms with Crippen molar-refractivity contribution in [3.63, 3.8) is 0 Å². The quantitative estimate of drug-likeness (QED) is 0.176. The molecule has 0 fully saturated rings. The third-order valence-electron chi connectivity index (χ3n) is 5.33. The largest absolute Gasteiger partial charge is 0.490 e. The third kappa shape index (κ3) is 6.60. The Kier molecular flexibility index (Phi) is 9.81. The van der Waals surface area contributed by atoms with E-state index in [9.17, 15) is 9.59 Å². The molecule has 0 unspecified atom stereocenters. The second-order valence-electron chi connectivity index (χ2n) is 7.95. The number of carbonyl (C=O) groups excluding carboxylic acids is 1. The van der Waals surface area contributed by atoms with Crippen molar-refractivity contribution in [2.45, 2.75) is 39.5 Å². The van der Waals surface area contributed by atoms with E-state index >= 15 is 0 Å². The summed E-state index contributed by atoms with van der Waals surface area (Å²) < 4.78 is 18.4. The Morgan fingerprint density at radius 1 is 1.22 bits per heavy atom. The fourth-order valence-corrected chi connectivity index (χ4v) is 3.98. The minimum absolute atomic E-state index is 0.238. The molecule has 0 aliphatic carbocycles. The molecule has 0 aliphatic rings. The number of fused-ring (bicyclic) bond motifs is 1. The molecule has 8 nitrogen and oxygen atoms in total. The van der Waals surface area contributed by atoms with Crippen LogP contribution >= 0.6 is 15.9 Å². The van der Waals surface area contributed by atoms with E-state index in [1.54, 1.807) is 24.4 Å². The van der Waals surface area contributed by atoms with Gasteiger partial charge in [0.25, 0.3) is 5.56 Å². The number of aromatic nitrogens is 2. The van der Waals surface area contributed by atoms with Crippen LogP contribution in [0, 0.1) is 0 Å². The molecule has 0 N–H and O–H groups in total. The van der Waals surface area contributed by atoms with Gasteiger partial charge in [-0.15, -0.1) is 6.58 Å². The Hall–Kier alpha value is -3.46. The molecule has 1 heterocycles. The van der Waals surface area contributed by atoms with Gasteiger partial charge in [0, 0.05) is 16.5 Å². The fourth-order valence-electron chi connectivity index (χ4n) is 3.62. The third-order valence-corrected chi connectivity index (χ3v) is 5.83. The molecule has 36 heavy (non-hydrogen) atoms. The number of methoxy groups -OCH3 is 1. The lowest BCUT2D eigenvalue weighted by atomic mass is 10.1. The number of ether oxygens (including phenoxy) is 3. The summed E-state index contributed by atoms with van der Waals surface area (Å²) in [4.78, 5) is 29.7. The molecule has 0 saturated heterocycles. The van der Waals surface area contributed by atoms with Crippen molar-refractivity contribution in [1.82, 2.24) is 9.66 Å². The first-order valence-electron chi connectivity index (χ1n) is 11.8. The highest BCUT2D eigenvalue weighted by atomic mass is 79.9. The zero-order valence-corrected chi connectivity index (χ0v) is 22.3. The predicted octanol–water partition coefficient (Wildman–Crippen LogP) is 5.06. The molecular weight excluding hydrogens is 526 g/mol. The van der Waals surface area contributed by atoms with Crippen molar-refractivity contribution in [3.05, 3.63) is 74.8 Å². The van der Waals surface area contributed by atoms with E-state index in [4.69, 9.17) is 14.5 Å². The van der Waals surface area contributed by atoms with Crippen molar-refractivity contribution in [2.24, 2.45) is 5.10 Å². The van der Waals surface area contributed by atoms with Crippen LogP contribution in [0.15, 0.2) is 57.4 Å². The smallest absolute Gasteiger partial charge is 0.343 e. The Morgan fingerprint density at radius 3 is 2.72 bits per heavy atom. The summed E-state index contributed by atoms with van der Waals surface area (Å²) in [5, 5.41) is 5.02. The summed E-state index contributed by atoms with van der Waals surface area (Å²) in [7, 11) is 1.30. The number of carbonyl (C=O) groups is 1.